The van der Waals surface area contributed by atoms with Crippen molar-refractivity contribution in [2.24, 2.45) is 11.8 Å². The van der Waals surface area contributed by atoms with E-state index in [4.69, 9.17) is 0 Å². The molecule has 3 atom stereocenters. The van der Waals surface area contributed by atoms with Gasteiger partial charge in [0, 0.05) is 30.8 Å². The van der Waals surface area contributed by atoms with Crippen molar-refractivity contribution in [3.8, 4) is 5.75 Å². The monoisotopic (exact) mass is 237 g/mol. The fourth-order valence-corrected chi connectivity index (χ4v) is 2.56. The standard InChI is InChI=1S/C14H20FNO/c1-9-7-16(8-10(9)2)11(3)13-5-4-12(15)6-14(13)17/h4-6,9-11,17H,7-8H2,1-3H3. The molecule has 3 heteroatoms. The number of hydrogen-bond donors (Lipinski definition) is 1. The molecule has 1 saturated heterocycles. The van der Waals surface area contributed by atoms with Crippen LogP contribution in [0.1, 0.15) is 32.4 Å². The summed E-state index contributed by atoms with van der Waals surface area (Å²) < 4.78 is 12.9. The van der Waals surface area contributed by atoms with Crippen molar-refractivity contribution >= 4 is 0 Å². The summed E-state index contributed by atoms with van der Waals surface area (Å²) in [5.74, 6) is 1.03. The number of benzene rings is 1. The Morgan fingerprint density at radius 3 is 2.41 bits per heavy atom. The number of aromatic hydroxyl groups is 1. The summed E-state index contributed by atoms with van der Waals surface area (Å²) in [5, 5.41) is 9.79. The molecule has 2 nitrogen and oxygen atoms in total. The second kappa shape index (κ2) is 4.65. The molecular weight excluding hydrogens is 217 g/mol. The van der Waals surface area contributed by atoms with Crippen molar-refractivity contribution in [1.82, 2.24) is 4.90 Å². The lowest BCUT2D eigenvalue weighted by atomic mass is 10.0. The van der Waals surface area contributed by atoms with Crippen molar-refractivity contribution < 1.29 is 9.50 Å². The fourth-order valence-electron chi connectivity index (χ4n) is 2.56. The van der Waals surface area contributed by atoms with Crippen LogP contribution in [0.5, 0.6) is 5.75 Å². The number of halogens is 1. The molecule has 1 aromatic rings. The third-order valence-electron chi connectivity index (χ3n) is 4.01. The van der Waals surface area contributed by atoms with Gasteiger partial charge in [0.25, 0.3) is 0 Å². The molecule has 1 aliphatic rings. The molecule has 0 spiro atoms. The predicted molar refractivity (Wildman–Crippen MR) is 66.4 cm³/mol. The third kappa shape index (κ3) is 2.44. The molecule has 1 heterocycles. The van der Waals surface area contributed by atoms with Gasteiger partial charge in [-0.25, -0.2) is 4.39 Å². The Bertz CT molecular complexity index is 397. The molecule has 2 rings (SSSR count). The Morgan fingerprint density at radius 2 is 1.88 bits per heavy atom. The van der Waals surface area contributed by atoms with Crippen LogP contribution >= 0.6 is 0 Å². The molecule has 3 unspecified atom stereocenters. The lowest BCUT2D eigenvalue weighted by molar-refractivity contribution is 0.246. The highest BCUT2D eigenvalue weighted by molar-refractivity contribution is 5.35. The fraction of sp³-hybridized carbons (Fsp3) is 0.571. The lowest BCUT2D eigenvalue weighted by Crippen LogP contribution is -2.24. The zero-order valence-electron chi connectivity index (χ0n) is 10.7. The summed E-state index contributed by atoms with van der Waals surface area (Å²) in [6.07, 6.45) is 0. The zero-order valence-corrected chi connectivity index (χ0v) is 10.7. The van der Waals surface area contributed by atoms with Gasteiger partial charge in [-0.2, -0.15) is 0 Å². The molecule has 0 saturated carbocycles. The number of nitrogens with zero attached hydrogens (tertiary/aromatic N) is 1. The molecule has 1 N–H and O–H groups in total. The first-order chi connectivity index (χ1) is 7.99. The van der Waals surface area contributed by atoms with Crippen LogP contribution in [-0.4, -0.2) is 23.1 Å². The van der Waals surface area contributed by atoms with Crippen LogP contribution in [-0.2, 0) is 0 Å². The quantitative estimate of drug-likeness (QED) is 0.854. The minimum Gasteiger partial charge on any atom is -0.508 e. The van der Waals surface area contributed by atoms with Gasteiger partial charge in [-0.3, -0.25) is 4.90 Å². The summed E-state index contributed by atoms with van der Waals surface area (Å²) in [6.45, 7) is 8.65. The Balaban J connectivity index is 2.17. The first kappa shape index (κ1) is 12.4. The minimum atomic E-state index is -0.387. The first-order valence-electron chi connectivity index (χ1n) is 6.21. The van der Waals surface area contributed by atoms with E-state index in [-0.39, 0.29) is 17.6 Å². The minimum absolute atomic E-state index is 0.0599. The molecule has 0 aromatic heterocycles. The topological polar surface area (TPSA) is 23.5 Å². The highest BCUT2D eigenvalue weighted by Crippen LogP contribution is 2.34. The molecule has 0 aliphatic carbocycles. The van der Waals surface area contributed by atoms with E-state index in [1.807, 2.05) is 0 Å². The van der Waals surface area contributed by atoms with Gasteiger partial charge in [-0.1, -0.05) is 19.9 Å². The second-order valence-electron chi connectivity index (χ2n) is 5.29. The van der Waals surface area contributed by atoms with E-state index in [2.05, 4.69) is 25.7 Å². The zero-order chi connectivity index (χ0) is 12.6. The first-order valence-corrected chi connectivity index (χ1v) is 6.21. The van der Waals surface area contributed by atoms with Gasteiger partial charge in [0.05, 0.1) is 0 Å². The van der Waals surface area contributed by atoms with Crippen molar-refractivity contribution in [3.63, 3.8) is 0 Å². The summed E-state index contributed by atoms with van der Waals surface area (Å²) in [4.78, 5) is 2.35. The van der Waals surface area contributed by atoms with E-state index < -0.39 is 0 Å². The van der Waals surface area contributed by atoms with Gasteiger partial charge in [0.1, 0.15) is 11.6 Å². The van der Waals surface area contributed by atoms with Gasteiger partial charge in [-0.15, -0.1) is 0 Å². The van der Waals surface area contributed by atoms with Crippen molar-refractivity contribution in [2.75, 3.05) is 13.1 Å². The van der Waals surface area contributed by atoms with Gasteiger partial charge < -0.3 is 5.11 Å². The average Bonchev–Trinajstić information content (AvgIpc) is 2.58. The van der Waals surface area contributed by atoms with Crippen LogP contribution < -0.4 is 0 Å². The number of rotatable bonds is 2. The smallest absolute Gasteiger partial charge is 0.126 e. The number of likely N-dealkylation sites (tertiary alicyclic amines) is 1. The second-order valence-corrected chi connectivity index (χ2v) is 5.29. The third-order valence-corrected chi connectivity index (χ3v) is 4.01. The molecule has 0 radical (unpaired) electrons. The summed E-state index contributed by atoms with van der Waals surface area (Å²) >= 11 is 0. The van der Waals surface area contributed by atoms with E-state index in [1.54, 1.807) is 6.07 Å². The maximum atomic E-state index is 12.9. The highest BCUT2D eigenvalue weighted by Gasteiger charge is 2.30. The highest BCUT2D eigenvalue weighted by atomic mass is 19.1. The van der Waals surface area contributed by atoms with E-state index in [0.29, 0.717) is 11.8 Å². The predicted octanol–water partition coefficient (Wildman–Crippen LogP) is 3.18. The van der Waals surface area contributed by atoms with E-state index in [1.165, 1.54) is 12.1 Å². The van der Waals surface area contributed by atoms with Crippen LogP contribution in [0.4, 0.5) is 4.39 Å². The summed E-state index contributed by atoms with van der Waals surface area (Å²) in [6, 6.07) is 4.43. The van der Waals surface area contributed by atoms with E-state index >= 15 is 0 Å². The lowest BCUT2D eigenvalue weighted by Gasteiger charge is -2.25. The summed E-state index contributed by atoms with van der Waals surface area (Å²) in [5.41, 5.74) is 0.813. The van der Waals surface area contributed by atoms with Crippen molar-refractivity contribution in [2.45, 2.75) is 26.8 Å². The Kier molecular flexibility index (Phi) is 3.38. The van der Waals surface area contributed by atoms with E-state index in [0.717, 1.165) is 18.7 Å². The largest absolute Gasteiger partial charge is 0.508 e. The van der Waals surface area contributed by atoms with Gasteiger partial charge in [0.15, 0.2) is 0 Å². The Morgan fingerprint density at radius 1 is 1.29 bits per heavy atom. The van der Waals surface area contributed by atoms with Crippen LogP contribution in [0.2, 0.25) is 0 Å². The number of hydrogen-bond acceptors (Lipinski definition) is 2. The molecule has 0 bridgehead atoms. The molecule has 1 aromatic carbocycles. The molecule has 94 valence electrons. The average molecular weight is 237 g/mol. The summed E-state index contributed by atoms with van der Waals surface area (Å²) in [7, 11) is 0. The van der Waals surface area contributed by atoms with Crippen LogP contribution in [0.3, 0.4) is 0 Å². The van der Waals surface area contributed by atoms with Gasteiger partial charge in [-0.05, 0) is 24.8 Å². The molecule has 1 fully saturated rings. The molecule has 1 aliphatic heterocycles. The van der Waals surface area contributed by atoms with E-state index in [9.17, 15) is 9.50 Å². The van der Waals surface area contributed by atoms with Crippen molar-refractivity contribution in [1.29, 1.82) is 0 Å². The van der Waals surface area contributed by atoms with Gasteiger partial charge in [0.2, 0.25) is 0 Å². The molecule has 0 amide bonds. The SMILES string of the molecule is CC1CN(C(C)c2ccc(F)cc2O)CC1C. The maximum absolute atomic E-state index is 12.9. The van der Waals surface area contributed by atoms with Gasteiger partial charge >= 0.3 is 0 Å². The molecular formula is C14H20FNO. The normalized spacial score (nSPS) is 27.3. The van der Waals surface area contributed by atoms with Crippen LogP contribution in [0.15, 0.2) is 18.2 Å². The Hall–Kier alpha value is -1.09. The maximum Gasteiger partial charge on any atom is 0.126 e. The van der Waals surface area contributed by atoms with Crippen LogP contribution in [0.25, 0.3) is 0 Å². The van der Waals surface area contributed by atoms with Crippen molar-refractivity contribution in [3.05, 3.63) is 29.6 Å². The Labute approximate surface area is 102 Å². The number of phenolic OH excluding ortho intramolecular Hbond substituents is 1. The molecule has 17 heavy (non-hydrogen) atoms. The van der Waals surface area contributed by atoms with Crippen LogP contribution in [0, 0.1) is 17.7 Å². The number of phenols is 1.